The first-order valence-corrected chi connectivity index (χ1v) is 8.25. The van der Waals surface area contributed by atoms with Gasteiger partial charge in [-0.2, -0.15) is 0 Å². The minimum Gasteiger partial charge on any atom is -0.396 e. The molecule has 0 aromatic heterocycles. The molecule has 1 heterocycles. The highest BCUT2D eigenvalue weighted by Gasteiger charge is 2.66. The molecule has 0 aromatic carbocycles. The van der Waals surface area contributed by atoms with Crippen LogP contribution in [0, 0.1) is 29.1 Å². The second kappa shape index (κ2) is 4.67. The maximum Gasteiger partial charge on any atom is 0.174 e. The van der Waals surface area contributed by atoms with Crippen LogP contribution < -0.4 is 0 Å². The average Bonchev–Trinajstić information content (AvgIpc) is 2.88. The summed E-state index contributed by atoms with van der Waals surface area (Å²) in [6.07, 6.45) is 6.36. The summed E-state index contributed by atoms with van der Waals surface area (Å²) < 4.78 is 12.2. The Hall–Kier alpha value is -0.160. The Morgan fingerprint density at radius 2 is 1.20 bits per heavy atom. The molecule has 1 saturated heterocycles. The van der Waals surface area contributed by atoms with Gasteiger partial charge in [-0.1, -0.05) is 0 Å². The normalized spacial score (nSPS) is 43.5. The average molecular weight is 282 g/mol. The first-order chi connectivity index (χ1) is 9.75. The smallest absolute Gasteiger partial charge is 0.174 e. The van der Waals surface area contributed by atoms with Crippen molar-refractivity contribution in [3.63, 3.8) is 0 Å². The van der Waals surface area contributed by atoms with E-state index in [-0.39, 0.29) is 24.4 Å². The minimum absolute atomic E-state index is 0.177. The topological polar surface area (TPSA) is 58.9 Å². The molecule has 4 nitrogen and oxygen atoms in total. The Kier molecular flexibility index (Phi) is 3.15. The molecule has 5 rings (SSSR count). The predicted octanol–water partition coefficient (Wildman–Crippen LogP) is 1.55. The van der Waals surface area contributed by atoms with Crippen molar-refractivity contribution in [1.29, 1.82) is 0 Å². The Morgan fingerprint density at radius 1 is 0.750 bits per heavy atom. The van der Waals surface area contributed by atoms with Crippen molar-refractivity contribution in [1.82, 2.24) is 0 Å². The van der Waals surface area contributed by atoms with Gasteiger partial charge in [0.25, 0.3) is 0 Å². The molecule has 114 valence electrons. The summed E-state index contributed by atoms with van der Waals surface area (Å²) in [6, 6.07) is 0. The standard InChI is InChI=1S/C16H26O4/c17-3-1-15(2-4-18)11-7-13-9-12(15)10-14(8-11)16(13)19-5-6-20-16/h11-14,17-18H,1-10H2. The van der Waals surface area contributed by atoms with E-state index >= 15 is 0 Å². The maximum absolute atomic E-state index is 9.52. The van der Waals surface area contributed by atoms with Crippen LogP contribution in [0.1, 0.15) is 38.5 Å². The zero-order chi connectivity index (χ0) is 13.8. The van der Waals surface area contributed by atoms with Gasteiger partial charge in [-0.05, 0) is 55.8 Å². The van der Waals surface area contributed by atoms with E-state index in [1.165, 1.54) is 0 Å². The SMILES string of the molecule is OCCC1(CCO)C2CC3CC1CC(C2)C31OCCO1. The summed E-state index contributed by atoms with van der Waals surface area (Å²) in [7, 11) is 0. The summed E-state index contributed by atoms with van der Waals surface area (Å²) in [5.74, 6) is 2.10. The Balaban J connectivity index is 1.64. The van der Waals surface area contributed by atoms with Crippen LogP contribution in [0.4, 0.5) is 0 Å². The van der Waals surface area contributed by atoms with E-state index in [1.54, 1.807) is 0 Å². The van der Waals surface area contributed by atoms with E-state index in [9.17, 15) is 10.2 Å². The van der Waals surface area contributed by atoms with Gasteiger partial charge in [0, 0.05) is 25.0 Å². The fourth-order valence-corrected chi connectivity index (χ4v) is 6.29. The fourth-order valence-electron chi connectivity index (χ4n) is 6.29. The molecule has 4 aliphatic carbocycles. The van der Waals surface area contributed by atoms with E-state index in [1.807, 2.05) is 0 Å². The Morgan fingerprint density at radius 3 is 1.60 bits per heavy atom. The van der Waals surface area contributed by atoms with Crippen LogP contribution in [0.2, 0.25) is 0 Å². The van der Waals surface area contributed by atoms with Gasteiger partial charge in [0.15, 0.2) is 5.79 Å². The molecule has 20 heavy (non-hydrogen) atoms. The molecule has 1 spiro atoms. The van der Waals surface area contributed by atoms with E-state index in [0.29, 0.717) is 23.7 Å². The van der Waals surface area contributed by atoms with Gasteiger partial charge < -0.3 is 19.7 Å². The van der Waals surface area contributed by atoms with Gasteiger partial charge >= 0.3 is 0 Å². The van der Waals surface area contributed by atoms with Crippen molar-refractivity contribution in [2.75, 3.05) is 26.4 Å². The Labute approximate surface area is 120 Å². The summed E-state index contributed by atoms with van der Waals surface area (Å²) in [6.45, 7) is 2.00. The minimum atomic E-state index is -0.266. The summed E-state index contributed by atoms with van der Waals surface area (Å²) in [5.41, 5.74) is 0.177. The summed E-state index contributed by atoms with van der Waals surface area (Å²) >= 11 is 0. The number of hydrogen-bond acceptors (Lipinski definition) is 4. The summed E-state index contributed by atoms with van der Waals surface area (Å²) in [5, 5.41) is 19.0. The van der Waals surface area contributed by atoms with Crippen molar-refractivity contribution >= 4 is 0 Å². The predicted molar refractivity (Wildman–Crippen MR) is 72.9 cm³/mol. The molecule has 0 atom stereocenters. The van der Waals surface area contributed by atoms with E-state index in [2.05, 4.69) is 0 Å². The number of aliphatic hydroxyl groups excluding tert-OH is 2. The van der Waals surface area contributed by atoms with Crippen LogP contribution >= 0.6 is 0 Å². The molecule has 5 fully saturated rings. The lowest BCUT2D eigenvalue weighted by atomic mass is 9.42. The summed E-state index contributed by atoms with van der Waals surface area (Å²) in [4.78, 5) is 0. The fraction of sp³-hybridized carbons (Fsp3) is 1.00. The largest absolute Gasteiger partial charge is 0.396 e. The highest BCUT2D eigenvalue weighted by Crippen LogP contribution is 2.68. The first-order valence-electron chi connectivity index (χ1n) is 8.25. The van der Waals surface area contributed by atoms with Crippen LogP contribution in [0.5, 0.6) is 0 Å². The molecule has 4 heteroatoms. The molecule has 1 aliphatic heterocycles. The van der Waals surface area contributed by atoms with Gasteiger partial charge in [-0.3, -0.25) is 0 Å². The highest BCUT2D eigenvalue weighted by molar-refractivity contribution is 5.12. The lowest BCUT2D eigenvalue weighted by Crippen LogP contribution is -2.64. The van der Waals surface area contributed by atoms with Crippen molar-refractivity contribution < 1.29 is 19.7 Å². The molecule has 4 bridgehead atoms. The molecule has 0 amide bonds. The van der Waals surface area contributed by atoms with Crippen molar-refractivity contribution in [2.24, 2.45) is 29.1 Å². The van der Waals surface area contributed by atoms with E-state index < -0.39 is 0 Å². The molecule has 5 aliphatic rings. The zero-order valence-corrected chi connectivity index (χ0v) is 12.1. The number of rotatable bonds is 4. The third kappa shape index (κ3) is 1.57. The van der Waals surface area contributed by atoms with Crippen LogP contribution in [-0.4, -0.2) is 42.4 Å². The Bertz CT molecular complexity index is 335. The van der Waals surface area contributed by atoms with Crippen molar-refractivity contribution in [2.45, 2.75) is 44.3 Å². The van der Waals surface area contributed by atoms with Crippen LogP contribution in [0.15, 0.2) is 0 Å². The first kappa shape index (κ1) is 13.5. The molecule has 0 unspecified atom stereocenters. The van der Waals surface area contributed by atoms with Gasteiger partial charge in [-0.25, -0.2) is 0 Å². The van der Waals surface area contributed by atoms with Crippen molar-refractivity contribution in [3.8, 4) is 0 Å². The molecular weight excluding hydrogens is 256 g/mol. The third-order valence-electron chi connectivity index (χ3n) is 6.93. The number of aliphatic hydroxyl groups is 2. The van der Waals surface area contributed by atoms with Gasteiger partial charge in [0.1, 0.15) is 0 Å². The van der Waals surface area contributed by atoms with E-state index in [0.717, 1.165) is 51.7 Å². The lowest BCUT2D eigenvalue weighted by molar-refractivity contribution is -0.313. The monoisotopic (exact) mass is 282 g/mol. The number of hydrogen-bond donors (Lipinski definition) is 2. The zero-order valence-electron chi connectivity index (χ0n) is 12.1. The second-order valence-corrected chi connectivity index (χ2v) is 7.33. The van der Waals surface area contributed by atoms with Crippen LogP contribution in [0.25, 0.3) is 0 Å². The quantitative estimate of drug-likeness (QED) is 0.821. The maximum atomic E-state index is 9.52. The molecule has 2 N–H and O–H groups in total. The van der Waals surface area contributed by atoms with Crippen molar-refractivity contribution in [3.05, 3.63) is 0 Å². The van der Waals surface area contributed by atoms with Gasteiger partial charge in [0.2, 0.25) is 0 Å². The lowest BCUT2D eigenvalue weighted by Gasteiger charge is -2.66. The second-order valence-electron chi connectivity index (χ2n) is 7.33. The highest BCUT2D eigenvalue weighted by atomic mass is 16.7. The number of ether oxygens (including phenoxy) is 2. The van der Waals surface area contributed by atoms with Gasteiger partial charge in [0.05, 0.1) is 13.2 Å². The molecule has 0 aromatic rings. The molecule has 4 saturated carbocycles. The molecule has 0 radical (unpaired) electrons. The molecular formula is C16H26O4. The van der Waals surface area contributed by atoms with Crippen LogP contribution in [0.3, 0.4) is 0 Å². The van der Waals surface area contributed by atoms with Crippen LogP contribution in [-0.2, 0) is 9.47 Å². The van der Waals surface area contributed by atoms with Gasteiger partial charge in [-0.15, -0.1) is 0 Å². The third-order valence-corrected chi connectivity index (χ3v) is 6.93. The van der Waals surface area contributed by atoms with E-state index in [4.69, 9.17) is 9.47 Å².